The first-order valence-corrected chi connectivity index (χ1v) is 8.24. The largest absolute Gasteiger partial charge is 0.316 e. The van der Waals surface area contributed by atoms with Crippen LogP contribution in [-0.2, 0) is 13.0 Å². The maximum Gasteiger partial charge on any atom is 0.138 e. The minimum atomic E-state index is 0.582. The molecule has 2 aliphatic carbocycles. The number of nitrogens with zero attached hydrogens (tertiary/aromatic N) is 3. The smallest absolute Gasteiger partial charge is 0.138 e. The van der Waals surface area contributed by atoms with Gasteiger partial charge in [-0.25, -0.2) is 9.67 Å². The van der Waals surface area contributed by atoms with E-state index < -0.39 is 0 Å². The molecule has 4 heteroatoms. The molecule has 1 aromatic heterocycles. The number of aromatic nitrogens is 3. The molecule has 0 radical (unpaired) electrons. The number of fused-ring (bicyclic) bond motifs is 1. The van der Waals surface area contributed by atoms with Crippen molar-refractivity contribution in [1.82, 2.24) is 20.1 Å². The second-order valence-corrected chi connectivity index (χ2v) is 7.04. The Morgan fingerprint density at radius 3 is 2.60 bits per heavy atom. The fraction of sp³-hybridized carbons (Fsp3) is 0.875. The Hall–Kier alpha value is -0.900. The first-order chi connectivity index (χ1) is 9.70. The van der Waals surface area contributed by atoms with Crippen molar-refractivity contribution in [1.29, 1.82) is 0 Å². The minimum absolute atomic E-state index is 0.582. The summed E-state index contributed by atoms with van der Waals surface area (Å²) in [5, 5.41) is 7.95. The molecule has 112 valence electrons. The van der Waals surface area contributed by atoms with Crippen molar-refractivity contribution in [2.24, 2.45) is 23.7 Å². The summed E-state index contributed by atoms with van der Waals surface area (Å²) in [5.41, 5.74) is 0. The van der Waals surface area contributed by atoms with Crippen LogP contribution in [0.15, 0.2) is 6.33 Å². The van der Waals surface area contributed by atoms with Crippen molar-refractivity contribution < 1.29 is 0 Å². The lowest BCUT2D eigenvalue weighted by Gasteiger charge is -2.17. The van der Waals surface area contributed by atoms with Gasteiger partial charge in [-0.15, -0.1) is 0 Å². The van der Waals surface area contributed by atoms with Gasteiger partial charge in [0, 0.05) is 19.0 Å². The van der Waals surface area contributed by atoms with E-state index in [-0.39, 0.29) is 0 Å². The molecule has 0 aliphatic heterocycles. The summed E-state index contributed by atoms with van der Waals surface area (Å²) in [4.78, 5) is 4.50. The molecule has 20 heavy (non-hydrogen) atoms. The van der Waals surface area contributed by atoms with Gasteiger partial charge in [-0.05, 0) is 43.6 Å². The molecule has 3 unspecified atom stereocenters. The van der Waals surface area contributed by atoms with Crippen LogP contribution in [0.25, 0.3) is 0 Å². The van der Waals surface area contributed by atoms with Gasteiger partial charge in [0.2, 0.25) is 0 Å². The molecule has 0 spiro atoms. The van der Waals surface area contributed by atoms with Crippen LogP contribution < -0.4 is 5.32 Å². The first-order valence-electron chi connectivity index (χ1n) is 8.24. The summed E-state index contributed by atoms with van der Waals surface area (Å²) in [6.45, 7) is 5.44. The number of nitrogens with one attached hydrogen (secondary N) is 1. The molecule has 3 atom stereocenters. The molecule has 2 saturated carbocycles. The molecule has 0 saturated heterocycles. The normalized spacial score (nSPS) is 30.3. The third-order valence-electron chi connectivity index (χ3n) is 5.19. The van der Waals surface area contributed by atoms with Gasteiger partial charge in [0.15, 0.2) is 0 Å². The minimum Gasteiger partial charge on any atom is -0.316 e. The maximum absolute atomic E-state index is 4.50. The molecule has 0 bridgehead atoms. The van der Waals surface area contributed by atoms with E-state index in [1.54, 1.807) is 6.33 Å². The Kier molecular flexibility index (Phi) is 4.11. The van der Waals surface area contributed by atoms with Crippen LogP contribution in [0.3, 0.4) is 0 Å². The highest BCUT2D eigenvalue weighted by atomic mass is 15.3. The molecule has 2 fully saturated rings. The molecule has 0 aromatic carbocycles. The Labute approximate surface area is 122 Å². The molecular formula is C16H28N4. The first kappa shape index (κ1) is 14.1. The maximum atomic E-state index is 4.50. The van der Waals surface area contributed by atoms with Gasteiger partial charge in [-0.1, -0.05) is 26.7 Å². The van der Waals surface area contributed by atoms with Crippen LogP contribution in [-0.4, -0.2) is 27.9 Å². The van der Waals surface area contributed by atoms with E-state index in [4.69, 9.17) is 0 Å². The standard InChI is InChI=1S/C16H28N4/c1-11(2)9-20-15(18-10-19-20)8-14(17-3)16-12-6-4-5-7-13(12)16/h10-14,16-17H,4-9H2,1-3H3. The highest BCUT2D eigenvalue weighted by Gasteiger charge is 2.53. The predicted molar refractivity (Wildman–Crippen MR) is 80.3 cm³/mol. The monoisotopic (exact) mass is 276 g/mol. The quantitative estimate of drug-likeness (QED) is 0.868. The molecule has 0 amide bonds. The van der Waals surface area contributed by atoms with Gasteiger partial charge in [-0.2, -0.15) is 5.10 Å². The second-order valence-electron chi connectivity index (χ2n) is 7.04. The summed E-state index contributed by atoms with van der Waals surface area (Å²) in [7, 11) is 2.11. The summed E-state index contributed by atoms with van der Waals surface area (Å²) in [6, 6.07) is 0.582. The zero-order valence-electron chi connectivity index (χ0n) is 13.0. The van der Waals surface area contributed by atoms with Crippen molar-refractivity contribution in [2.45, 2.75) is 58.5 Å². The van der Waals surface area contributed by atoms with E-state index in [1.807, 2.05) is 0 Å². The number of hydrogen-bond acceptors (Lipinski definition) is 3. The summed E-state index contributed by atoms with van der Waals surface area (Å²) in [5.74, 6) is 4.63. The Morgan fingerprint density at radius 2 is 2.00 bits per heavy atom. The molecule has 1 N–H and O–H groups in total. The van der Waals surface area contributed by atoms with Gasteiger partial charge < -0.3 is 5.32 Å². The average Bonchev–Trinajstić information content (AvgIpc) is 3.01. The van der Waals surface area contributed by atoms with Gasteiger partial charge >= 0.3 is 0 Å². The van der Waals surface area contributed by atoms with E-state index >= 15 is 0 Å². The van der Waals surface area contributed by atoms with E-state index in [1.165, 1.54) is 25.7 Å². The number of likely N-dealkylation sites (N-methyl/N-ethyl adjacent to an activating group) is 1. The molecule has 2 aliphatic rings. The third-order valence-corrected chi connectivity index (χ3v) is 5.19. The Bertz CT molecular complexity index is 427. The van der Waals surface area contributed by atoms with Crippen molar-refractivity contribution in [3.63, 3.8) is 0 Å². The predicted octanol–water partition coefficient (Wildman–Crippen LogP) is 2.50. The summed E-state index contributed by atoms with van der Waals surface area (Å²) in [6.07, 6.45) is 8.53. The van der Waals surface area contributed by atoms with E-state index in [0.717, 1.165) is 36.5 Å². The van der Waals surface area contributed by atoms with E-state index in [2.05, 4.69) is 41.0 Å². The number of rotatable bonds is 6. The Balaban J connectivity index is 1.65. The third kappa shape index (κ3) is 2.76. The average molecular weight is 276 g/mol. The van der Waals surface area contributed by atoms with Gasteiger partial charge in [0.1, 0.15) is 12.2 Å². The van der Waals surface area contributed by atoms with Gasteiger partial charge in [-0.3, -0.25) is 0 Å². The SMILES string of the molecule is CNC(Cc1ncnn1CC(C)C)C1C2CCCCC21. The van der Waals surface area contributed by atoms with Crippen molar-refractivity contribution in [3.05, 3.63) is 12.2 Å². The highest BCUT2D eigenvalue weighted by Crippen LogP contribution is 2.57. The van der Waals surface area contributed by atoms with Gasteiger partial charge in [0.05, 0.1) is 0 Å². The molecule has 4 nitrogen and oxygen atoms in total. The zero-order valence-corrected chi connectivity index (χ0v) is 13.0. The van der Waals surface area contributed by atoms with Crippen LogP contribution in [0.5, 0.6) is 0 Å². The lowest BCUT2D eigenvalue weighted by molar-refractivity contribution is 0.417. The summed E-state index contributed by atoms with van der Waals surface area (Å²) >= 11 is 0. The summed E-state index contributed by atoms with van der Waals surface area (Å²) < 4.78 is 2.10. The van der Waals surface area contributed by atoms with Crippen LogP contribution >= 0.6 is 0 Å². The number of hydrogen-bond donors (Lipinski definition) is 1. The lowest BCUT2D eigenvalue weighted by Crippen LogP contribution is -2.32. The molecule has 1 aromatic rings. The highest BCUT2D eigenvalue weighted by molar-refractivity contribution is 5.07. The van der Waals surface area contributed by atoms with Crippen LogP contribution in [0, 0.1) is 23.7 Å². The second kappa shape index (κ2) is 5.84. The van der Waals surface area contributed by atoms with Gasteiger partial charge in [0.25, 0.3) is 0 Å². The lowest BCUT2D eigenvalue weighted by atomic mass is 10.0. The van der Waals surface area contributed by atoms with Crippen molar-refractivity contribution in [2.75, 3.05) is 7.05 Å². The van der Waals surface area contributed by atoms with Crippen LogP contribution in [0.2, 0.25) is 0 Å². The Morgan fingerprint density at radius 1 is 1.30 bits per heavy atom. The fourth-order valence-corrected chi connectivity index (χ4v) is 4.22. The fourth-order valence-electron chi connectivity index (χ4n) is 4.22. The van der Waals surface area contributed by atoms with Crippen molar-refractivity contribution in [3.8, 4) is 0 Å². The molecule has 1 heterocycles. The van der Waals surface area contributed by atoms with Crippen LogP contribution in [0.4, 0.5) is 0 Å². The topological polar surface area (TPSA) is 42.7 Å². The van der Waals surface area contributed by atoms with Crippen molar-refractivity contribution >= 4 is 0 Å². The van der Waals surface area contributed by atoms with E-state index in [0.29, 0.717) is 12.0 Å². The van der Waals surface area contributed by atoms with E-state index in [9.17, 15) is 0 Å². The zero-order chi connectivity index (χ0) is 14.1. The molecule has 3 rings (SSSR count). The molecular weight excluding hydrogens is 248 g/mol. The van der Waals surface area contributed by atoms with Crippen LogP contribution in [0.1, 0.15) is 45.4 Å².